The van der Waals surface area contributed by atoms with E-state index in [9.17, 15) is 26.4 Å². The van der Waals surface area contributed by atoms with Crippen molar-refractivity contribution in [2.24, 2.45) is 0 Å². The summed E-state index contributed by atoms with van der Waals surface area (Å²) >= 11 is 0. The van der Waals surface area contributed by atoms with Crippen molar-refractivity contribution in [2.75, 3.05) is 33.2 Å². The average molecular weight is 436 g/mol. The highest BCUT2D eigenvalue weighted by Gasteiger charge is 2.31. The van der Waals surface area contributed by atoms with Crippen molar-refractivity contribution in [3.8, 4) is 0 Å². The first kappa shape index (κ1) is 23.6. The van der Waals surface area contributed by atoms with Crippen molar-refractivity contribution in [3.63, 3.8) is 0 Å². The third-order valence-corrected chi connectivity index (χ3v) is 6.94. The van der Waals surface area contributed by atoms with Crippen LogP contribution in [0.15, 0.2) is 29.2 Å². The SMILES string of the molecule is CC1CCCCN1S(=O)(=O)c1ccc(C(=O)NCCCN(C)CC(F)(F)F)cc1. The molecule has 29 heavy (non-hydrogen) atoms. The van der Waals surface area contributed by atoms with E-state index in [4.69, 9.17) is 0 Å². The number of nitrogens with zero attached hydrogens (tertiary/aromatic N) is 2. The van der Waals surface area contributed by atoms with Gasteiger partial charge in [0.2, 0.25) is 10.0 Å². The van der Waals surface area contributed by atoms with Gasteiger partial charge in [-0.15, -0.1) is 0 Å². The maximum atomic E-state index is 12.8. The fourth-order valence-corrected chi connectivity index (χ4v) is 5.08. The second-order valence-corrected chi connectivity index (χ2v) is 9.34. The summed E-state index contributed by atoms with van der Waals surface area (Å²) in [6, 6.07) is 5.69. The summed E-state index contributed by atoms with van der Waals surface area (Å²) in [5.41, 5.74) is 0.305. The van der Waals surface area contributed by atoms with E-state index >= 15 is 0 Å². The molecule has 1 N–H and O–H groups in total. The normalized spacial score (nSPS) is 18.8. The van der Waals surface area contributed by atoms with E-state index in [2.05, 4.69) is 5.32 Å². The van der Waals surface area contributed by atoms with Gasteiger partial charge in [0.1, 0.15) is 0 Å². The monoisotopic (exact) mass is 435 g/mol. The Morgan fingerprint density at radius 1 is 1.24 bits per heavy atom. The summed E-state index contributed by atoms with van der Waals surface area (Å²) in [7, 11) is -2.22. The Labute approximate surface area is 170 Å². The molecule has 0 spiro atoms. The Bertz CT molecular complexity index is 782. The molecule has 1 amide bonds. The Kier molecular flexibility index (Phi) is 8.07. The van der Waals surface area contributed by atoms with E-state index in [1.54, 1.807) is 0 Å². The van der Waals surface area contributed by atoms with E-state index in [1.807, 2.05) is 6.92 Å². The molecule has 0 aliphatic carbocycles. The van der Waals surface area contributed by atoms with Crippen LogP contribution in [-0.4, -0.2) is 69.0 Å². The molecule has 1 aliphatic rings. The number of alkyl halides is 3. The minimum atomic E-state index is -4.24. The molecular formula is C19H28F3N3O3S. The van der Waals surface area contributed by atoms with Gasteiger partial charge in [0, 0.05) is 24.7 Å². The van der Waals surface area contributed by atoms with Gasteiger partial charge < -0.3 is 5.32 Å². The van der Waals surface area contributed by atoms with Crippen molar-refractivity contribution in [2.45, 2.75) is 49.7 Å². The Hall–Kier alpha value is -1.65. The Morgan fingerprint density at radius 3 is 2.48 bits per heavy atom. The molecule has 164 valence electrons. The zero-order chi connectivity index (χ0) is 21.7. The number of carbonyl (C=O) groups is 1. The van der Waals surface area contributed by atoms with Crippen molar-refractivity contribution < 1.29 is 26.4 Å². The second-order valence-electron chi connectivity index (χ2n) is 7.45. The third kappa shape index (κ3) is 6.97. The van der Waals surface area contributed by atoms with Gasteiger partial charge in [0.15, 0.2) is 0 Å². The van der Waals surface area contributed by atoms with Crippen LogP contribution in [0.4, 0.5) is 13.2 Å². The van der Waals surface area contributed by atoms with Crippen LogP contribution < -0.4 is 5.32 Å². The van der Waals surface area contributed by atoms with Crippen LogP contribution in [-0.2, 0) is 10.0 Å². The number of carbonyl (C=O) groups excluding carboxylic acids is 1. The molecule has 1 aliphatic heterocycles. The maximum Gasteiger partial charge on any atom is 0.401 e. The molecule has 10 heteroatoms. The van der Waals surface area contributed by atoms with Crippen LogP contribution in [0.1, 0.15) is 43.0 Å². The van der Waals surface area contributed by atoms with E-state index in [0.29, 0.717) is 18.5 Å². The number of hydrogen-bond acceptors (Lipinski definition) is 4. The standard InChI is InChI=1S/C19H28F3N3O3S/c1-15-6-3-4-13-25(15)29(27,28)17-9-7-16(8-10-17)18(26)23-11-5-12-24(2)14-19(20,21)22/h7-10,15H,3-6,11-14H2,1-2H3,(H,23,26). The number of amides is 1. The number of benzene rings is 1. The third-order valence-electron chi connectivity index (χ3n) is 4.92. The smallest absolute Gasteiger partial charge is 0.352 e. The van der Waals surface area contributed by atoms with Crippen LogP contribution in [0.5, 0.6) is 0 Å². The minimum absolute atomic E-state index is 0.0489. The highest BCUT2D eigenvalue weighted by molar-refractivity contribution is 7.89. The van der Waals surface area contributed by atoms with E-state index in [1.165, 1.54) is 35.6 Å². The zero-order valence-electron chi connectivity index (χ0n) is 16.7. The first-order chi connectivity index (χ1) is 13.5. The number of halogens is 3. The summed E-state index contributed by atoms with van der Waals surface area (Å²) in [6.45, 7) is 1.82. The van der Waals surface area contributed by atoms with E-state index < -0.39 is 28.7 Å². The fourth-order valence-electron chi connectivity index (χ4n) is 3.38. The Balaban J connectivity index is 1.87. The van der Waals surface area contributed by atoms with Crippen molar-refractivity contribution in [3.05, 3.63) is 29.8 Å². The molecule has 0 bridgehead atoms. The van der Waals surface area contributed by atoms with Gasteiger partial charge in [-0.3, -0.25) is 9.69 Å². The summed E-state index contributed by atoms with van der Waals surface area (Å²) in [4.78, 5) is 13.5. The van der Waals surface area contributed by atoms with Crippen molar-refractivity contribution in [1.82, 2.24) is 14.5 Å². The number of rotatable bonds is 8. The van der Waals surface area contributed by atoms with Gasteiger partial charge in [0.05, 0.1) is 11.4 Å². The van der Waals surface area contributed by atoms with Crippen LogP contribution in [0, 0.1) is 0 Å². The molecular weight excluding hydrogens is 407 g/mol. The summed E-state index contributed by atoms with van der Waals surface area (Å²) in [5, 5.41) is 2.64. The van der Waals surface area contributed by atoms with Crippen LogP contribution >= 0.6 is 0 Å². The van der Waals surface area contributed by atoms with Crippen LogP contribution in [0.2, 0.25) is 0 Å². The summed E-state index contributed by atoms with van der Waals surface area (Å²) in [6.07, 6.45) is -1.19. The molecule has 2 rings (SSSR count). The lowest BCUT2D eigenvalue weighted by atomic mass is 10.1. The molecule has 1 saturated heterocycles. The lowest BCUT2D eigenvalue weighted by Gasteiger charge is -2.32. The van der Waals surface area contributed by atoms with Gasteiger partial charge in [-0.05, 0) is 64.0 Å². The Morgan fingerprint density at radius 2 is 1.90 bits per heavy atom. The first-order valence-corrected chi connectivity index (χ1v) is 11.1. The lowest BCUT2D eigenvalue weighted by molar-refractivity contribution is -0.143. The van der Waals surface area contributed by atoms with Gasteiger partial charge >= 0.3 is 6.18 Å². The lowest BCUT2D eigenvalue weighted by Crippen LogP contribution is -2.41. The van der Waals surface area contributed by atoms with Crippen LogP contribution in [0.25, 0.3) is 0 Å². The quantitative estimate of drug-likeness (QED) is 0.638. The number of hydrogen-bond donors (Lipinski definition) is 1. The maximum absolute atomic E-state index is 12.8. The molecule has 6 nitrogen and oxygen atoms in total. The molecule has 1 heterocycles. The largest absolute Gasteiger partial charge is 0.401 e. The van der Waals surface area contributed by atoms with E-state index in [-0.39, 0.29) is 24.0 Å². The molecule has 1 unspecified atom stereocenters. The molecule has 1 aromatic carbocycles. The van der Waals surface area contributed by atoms with Crippen LogP contribution in [0.3, 0.4) is 0 Å². The number of nitrogens with one attached hydrogen (secondary N) is 1. The molecule has 1 aromatic rings. The van der Waals surface area contributed by atoms with Gasteiger partial charge in [-0.2, -0.15) is 17.5 Å². The predicted molar refractivity (Wildman–Crippen MR) is 104 cm³/mol. The zero-order valence-corrected chi connectivity index (χ0v) is 17.5. The molecule has 0 radical (unpaired) electrons. The molecule has 0 aromatic heterocycles. The van der Waals surface area contributed by atoms with Gasteiger partial charge in [-0.25, -0.2) is 8.42 Å². The van der Waals surface area contributed by atoms with E-state index in [0.717, 1.165) is 24.2 Å². The fraction of sp³-hybridized carbons (Fsp3) is 0.632. The summed E-state index contributed by atoms with van der Waals surface area (Å²) in [5.74, 6) is -0.390. The first-order valence-electron chi connectivity index (χ1n) is 9.66. The van der Waals surface area contributed by atoms with Crippen molar-refractivity contribution >= 4 is 15.9 Å². The molecule has 1 atom stereocenters. The highest BCUT2D eigenvalue weighted by Crippen LogP contribution is 2.25. The predicted octanol–water partition coefficient (Wildman–Crippen LogP) is 2.86. The summed E-state index contributed by atoms with van der Waals surface area (Å²) < 4.78 is 63.9. The minimum Gasteiger partial charge on any atom is -0.352 e. The van der Waals surface area contributed by atoms with Gasteiger partial charge in [0.25, 0.3) is 5.91 Å². The second kappa shape index (κ2) is 9.90. The van der Waals surface area contributed by atoms with Crippen molar-refractivity contribution in [1.29, 1.82) is 0 Å². The van der Waals surface area contributed by atoms with Gasteiger partial charge in [-0.1, -0.05) is 6.42 Å². The topological polar surface area (TPSA) is 69.7 Å². The number of piperidine rings is 1. The number of sulfonamides is 1. The highest BCUT2D eigenvalue weighted by atomic mass is 32.2. The average Bonchev–Trinajstić information content (AvgIpc) is 2.64. The molecule has 0 saturated carbocycles. The molecule has 1 fully saturated rings.